The number of nitrogens with zero attached hydrogens (tertiary/aromatic N) is 4. The van der Waals surface area contributed by atoms with Crippen LogP contribution in [0.15, 0.2) is 214 Å². The van der Waals surface area contributed by atoms with Crippen molar-refractivity contribution in [3.05, 3.63) is 264 Å². The summed E-state index contributed by atoms with van der Waals surface area (Å²) >= 11 is 13.1. The van der Waals surface area contributed by atoms with Gasteiger partial charge < -0.3 is 27.2 Å². The molecule has 2 aromatic heterocycles. The summed E-state index contributed by atoms with van der Waals surface area (Å²) in [5.74, 6) is 3.54. The van der Waals surface area contributed by atoms with E-state index in [1.165, 1.54) is 64.6 Å². The molecule has 0 saturated carbocycles. The maximum atomic E-state index is 9.02. The Labute approximate surface area is 488 Å². The van der Waals surface area contributed by atoms with E-state index in [1.807, 2.05) is 94.6 Å². The second-order valence-corrected chi connectivity index (χ2v) is 18.7. The van der Waals surface area contributed by atoms with Crippen LogP contribution in [-0.4, -0.2) is 62.1 Å². The van der Waals surface area contributed by atoms with Gasteiger partial charge in [-0.3, -0.25) is 0 Å². The van der Waals surface area contributed by atoms with E-state index in [-0.39, 0.29) is 34.0 Å². The van der Waals surface area contributed by atoms with Crippen LogP contribution in [0, 0.1) is 4.35 Å². The molecule has 2 heterocycles. The minimum atomic E-state index is 0. The molecular formula is C65H80AlBCl3N5O2. The predicted octanol–water partition coefficient (Wildman–Crippen LogP) is 12.4. The Morgan fingerprint density at radius 3 is 1.35 bits per heavy atom. The van der Waals surface area contributed by atoms with Gasteiger partial charge in [0.2, 0.25) is 6.33 Å². The topological polar surface area (TPSA) is 90.9 Å². The number of alkyl halides is 2. The standard InChI is InChI=1S/C24H31N2O.C19H23Cl.C9H9Cl.C8H8.C5H8N2O.Al.B.ClH.HN/c1-3-22(24-7-5-4-6-8-24)17-20(2)23-11-9-21(10-12-23)18-26-14-13-25(19-26)15-16-27;1-3-17(19-7-5-4-6-8-19)13-15(2)18-11-9-16(14-20)10-12-18;1-2-8-3-5-9(7-10)6-4-8;1-2-8-6-4-3-5-7-8;8-4-3-7-2-1-6-5-7;;;;/h4-14,19-20,22,27H,3,15-18H2,1-2H3;4-12,15,17H,3,13-14H2,1-2H3;2-6H,1,7H2;2-7H,1H2;1-2,5,8H,3-4H2;;;2*1H/q+1;;;;;;;;/p-1. The Bertz CT molecular complexity index is 2660. The van der Waals surface area contributed by atoms with Crippen molar-refractivity contribution in [1.29, 1.82) is 4.35 Å². The van der Waals surface area contributed by atoms with Gasteiger partial charge in [-0.25, -0.2) is 14.1 Å². The van der Waals surface area contributed by atoms with Crippen molar-refractivity contribution in [3.8, 4) is 0 Å². The molecule has 0 bridgehead atoms. The molecule has 6 aromatic carbocycles. The van der Waals surface area contributed by atoms with Crippen LogP contribution in [0.2, 0.25) is 0 Å². The van der Waals surface area contributed by atoms with Gasteiger partial charge in [0, 0.05) is 39.1 Å². The Morgan fingerprint density at radius 2 is 0.974 bits per heavy atom. The van der Waals surface area contributed by atoms with Crippen LogP contribution >= 0.6 is 23.2 Å². The summed E-state index contributed by atoms with van der Waals surface area (Å²) in [6.07, 6.45) is 19.7. The maximum absolute atomic E-state index is 9.02. The molecule has 0 aliphatic rings. The summed E-state index contributed by atoms with van der Waals surface area (Å²) in [7, 11) is 0. The van der Waals surface area contributed by atoms with Gasteiger partial charge in [0.25, 0.3) is 0 Å². The molecule has 4 unspecified atom stereocenters. The third kappa shape index (κ3) is 27.0. The van der Waals surface area contributed by atoms with Crippen molar-refractivity contribution in [2.24, 2.45) is 0 Å². The third-order valence-corrected chi connectivity index (χ3v) is 13.5. The number of hydrogen-bond acceptors (Lipinski definition) is 4. The molecule has 0 aliphatic heterocycles. The van der Waals surface area contributed by atoms with Crippen LogP contribution in [0.1, 0.15) is 127 Å². The minimum absolute atomic E-state index is 0. The number of nitrogens with one attached hydrogen (secondary N) is 1. The number of aliphatic hydroxyl groups is 2. The number of benzene rings is 6. The van der Waals surface area contributed by atoms with Gasteiger partial charge in [-0.1, -0.05) is 217 Å². The summed E-state index contributed by atoms with van der Waals surface area (Å²) in [5.41, 5.74) is 11.7. The molecule has 0 aliphatic carbocycles. The number of imidazole rings is 2. The van der Waals surface area contributed by atoms with Crippen molar-refractivity contribution >= 4 is 59.9 Å². The van der Waals surface area contributed by atoms with Crippen LogP contribution in [0.5, 0.6) is 0 Å². The molecule has 77 heavy (non-hydrogen) atoms. The fourth-order valence-corrected chi connectivity index (χ4v) is 8.75. The van der Waals surface area contributed by atoms with E-state index in [2.05, 4.69) is 166 Å². The summed E-state index contributed by atoms with van der Waals surface area (Å²) < 4.78 is 11.6. The van der Waals surface area contributed by atoms with Crippen molar-refractivity contribution in [2.75, 3.05) is 13.2 Å². The number of halogens is 3. The molecule has 12 heteroatoms. The molecule has 0 amide bonds. The quantitative estimate of drug-likeness (QED) is 0.0403. The van der Waals surface area contributed by atoms with E-state index in [9.17, 15) is 0 Å². The van der Waals surface area contributed by atoms with Crippen LogP contribution < -0.4 is 17.0 Å². The van der Waals surface area contributed by atoms with Crippen LogP contribution in [-0.2, 0) is 31.4 Å². The summed E-state index contributed by atoms with van der Waals surface area (Å²) in [6, 6.07) is 57.6. The fraction of sp³-hybridized carbons (Fsp3) is 0.292. The molecular weight excluding hydrogens is 1030 g/mol. The average molecular weight is 1110 g/mol. The first-order chi connectivity index (χ1) is 36.7. The molecule has 3 N–H and O–H groups in total. The van der Waals surface area contributed by atoms with E-state index in [4.69, 9.17) is 37.8 Å². The van der Waals surface area contributed by atoms with Crippen molar-refractivity contribution in [3.63, 3.8) is 0 Å². The zero-order valence-corrected chi connectivity index (χ0v) is 49.1. The first-order valence-electron chi connectivity index (χ1n) is 26.0. The van der Waals surface area contributed by atoms with Crippen LogP contribution in [0.4, 0.5) is 0 Å². The van der Waals surface area contributed by atoms with E-state index in [0.717, 1.165) is 17.7 Å². The Morgan fingerprint density at radius 1 is 0.571 bits per heavy atom. The fourth-order valence-electron chi connectivity index (χ4n) is 8.40. The van der Waals surface area contributed by atoms with E-state index >= 15 is 0 Å². The predicted molar refractivity (Wildman–Crippen MR) is 324 cm³/mol. The number of hydrogen-bond donors (Lipinski definition) is 3. The molecule has 7 nitrogen and oxygen atoms in total. The van der Waals surface area contributed by atoms with Gasteiger partial charge in [0.15, 0.2) is 0 Å². The molecule has 8 rings (SSSR count). The number of aromatic nitrogens is 4. The second kappa shape index (κ2) is 42.4. The van der Waals surface area contributed by atoms with E-state index < -0.39 is 0 Å². The normalized spacial score (nSPS) is 11.5. The summed E-state index contributed by atoms with van der Waals surface area (Å²) in [5, 5.41) is 17.4. The number of rotatable bonds is 20. The summed E-state index contributed by atoms with van der Waals surface area (Å²) in [6.45, 7) is 19.0. The molecule has 0 fully saturated rings. The number of aliphatic hydroxyl groups excluding tert-OH is 2. The molecule has 4 radical (unpaired) electrons. The Kier molecular flexibility index (Phi) is 38.3. The zero-order valence-electron chi connectivity index (χ0n) is 45.7. The van der Waals surface area contributed by atoms with Gasteiger partial charge in [0.05, 0.1) is 19.5 Å². The molecule has 4 atom stereocenters. The summed E-state index contributed by atoms with van der Waals surface area (Å²) in [4.78, 5) is 3.79. The van der Waals surface area contributed by atoms with Crippen LogP contribution in [0.25, 0.3) is 12.2 Å². The SMILES string of the molecule is C=Cc1ccc(CCl)cc1.C=Cc1ccccc1.CCC(CC(C)c1ccc(CCl)cc1)c1ccccc1.CCC(CC(C)c1ccc(C[n+]2ccn(CCO)c2)cc1)c1ccccc1.OCCn1ccnc1.[B].[Cl-].[NH]=[Al]. The third-order valence-electron chi connectivity index (χ3n) is 12.8. The van der Waals surface area contributed by atoms with Crippen molar-refractivity contribution < 1.29 is 27.2 Å². The zero-order chi connectivity index (χ0) is 54.5. The molecule has 0 saturated heterocycles. The van der Waals surface area contributed by atoms with E-state index in [0.29, 0.717) is 48.5 Å². The van der Waals surface area contributed by atoms with Crippen molar-refractivity contribution in [2.45, 2.75) is 108 Å². The van der Waals surface area contributed by atoms with Gasteiger partial charge in [-0.15, -0.1) is 23.2 Å². The van der Waals surface area contributed by atoms with Gasteiger partial charge in [-0.2, -0.15) is 0 Å². The average Bonchev–Trinajstić information content (AvgIpc) is 4.18. The first kappa shape index (κ1) is 69.4. The first-order valence-corrected chi connectivity index (χ1v) is 27.6. The Hall–Kier alpha value is -5.59. The molecule has 404 valence electrons. The van der Waals surface area contributed by atoms with Gasteiger partial charge in [-0.05, 0) is 99.4 Å². The van der Waals surface area contributed by atoms with E-state index in [1.54, 1.807) is 28.6 Å². The van der Waals surface area contributed by atoms with Crippen LogP contribution in [0.3, 0.4) is 0 Å². The molecule has 8 aromatic rings. The Balaban J connectivity index is 0.000000517. The van der Waals surface area contributed by atoms with Gasteiger partial charge >= 0.3 is 20.4 Å². The van der Waals surface area contributed by atoms with Crippen molar-refractivity contribution in [1.82, 2.24) is 14.1 Å². The second-order valence-electron chi connectivity index (χ2n) is 18.2. The monoisotopic (exact) mass is 1110 g/mol. The molecule has 0 spiro atoms. The van der Waals surface area contributed by atoms with Gasteiger partial charge in [0.1, 0.15) is 25.5 Å².